The van der Waals surface area contributed by atoms with E-state index in [4.69, 9.17) is 14.9 Å². The molecule has 0 aromatic rings. The molecule has 16 heavy (non-hydrogen) atoms. The van der Waals surface area contributed by atoms with Crippen LogP contribution in [0.5, 0.6) is 0 Å². The Balaban J connectivity index is 3.09. The van der Waals surface area contributed by atoms with Gasteiger partial charge in [-0.15, -0.1) is 0 Å². The molecule has 3 heteroatoms. The fourth-order valence-electron chi connectivity index (χ4n) is 1.40. The van der Waals surface area contributed by atoms with Gasteiger partial charge in [0.15, 0.2) is 0 Å². The van der Waals surface area contributed by atoms with Crippen LogP contribution in [0.2, 0.25) is 0 Å². The van der Waals surface area contributed by atoms with E-state index < -0.39 is 6.10 Å². The molecule has 0 fully saturated rings. The number of unbranched alkanes of at least 4 members (excludes halogenated alkanes) is 6. The third-order valence-electron chi connectivity index (χ3n) is 2.42. The number of hydrogen-bond acceptors (Lipinski definition) is 3. The predicted octanol–water partition coefficient (Wildman–Crippen LogP) is 2.62. The topological polar surface area (TPSA) is 49.7 Å². The normalized spacial score (nSPS) is 13.2. The first-order valence-corrected chi connectivity index (χ1v) is 6.36. The standard InChI is InChI=1S/C13H26O3/c1-2-3-4-5-6-7-8-9-10-16-12-13(15)11-14/h9-10,13-15H,2-8,11-12H2,1H3/b10-9+. The molecule has 0 radical (unpaired) electrons. The summed E-state index contributed by atoms with van der Waals surface area (Å²) < 4.78 is 5.04. The molecule has 0 aromatic heterocycles. The Hall–Kier alpha value is -0.540. The smallest absolute Gasteiger partial charge is 0.115 e. The molecule has 0 saturated heterocycles. The summed E-state index contributed by atoms with van der Waals surface area (Å²) >= 11 is 0. The maximum Gasteiger partial charge on any atom is 0.115 e. The Morgan fingerprint density at radius 1 is 1.12 bits per heavy atom. The lowest BCUT2D eigenvalue weighted by atomic mass is 10.1. The molecule has 2 N–H and O–H groups in total. The van der Waals surface area contributed by atoms with E-state index in [2.05, 4.69) is 6.92 Å². The Bertz CT molecular complexity index is 157. The minimum Gasteiger partial charge on any atom is -0.499 e. The molecule has 0 aromatic carbocycles. The second kappa shape index (κ2) is 12.5. The summed E-state index contributed by atoms with van der Waals surface area (Å²) in [6, 6.07) is 0. The zero-order valence-electron chi connectivity index (χ0n) is 10.4. The van der Waals surface area contributed by atoms with Crippen molar-refractivity contribution in [3.63, 3.8) is 0 Å². The van der Waals surface area contributed by atoms with Gasteiger partial charge in [-0.25, -0.2) is 0 Å². The monoisotopic (exact) mass is 230 g/mol. The second-order valence-corrected chi connectivity index (χ2v) is 4.10. The van der Waals surface area contributed by atoms with E-state index in [0.29, 0.717) is 0 Å². The summed E-state index contributed by atoms with van der Waals surface area (Å²) in [7, 11) is 0. The quantitative estimate of drug-likeness (QED) is 0.424. The molecule has 96 valence electrons. The van der Waals surface area contributed by atoms with Crippen LogP contribution >= 0.6 is 0 Å². The molecule has 0 rings (SSSR count). The molecule has 0 aliphatic carbocycles. The minimum atomic E-state index is -0.765. The van der Waals surface area contributed by atoms with Crippen LogP contribution in [0.3, 0.4) is 0 Å². The molecule has 0 spiro atoms. The fourth-order valence-corrected chi connectivity index (χ4v) is 1.40. The highest BCUT2D eigenvalue weighted by molar-refractivity contribution is 4.73. The Morgan fingerprint density at radius 3 is 2.50 bits per heavy atom. The number of aliphatic hydroxyl groups excluding tert-OH is 2. The van der Waals surface area contributed by atoms with Crippen molar-refractivity contribution < 1.29 is 14.9 Å². The Labute approximate surface area is 99.1 Å². The van der Waals surface area contributed by atoms with Crippen molar-refractivity contribution in [3.8, 4) is 0 Å². The van der Waals surface area contributed by atoms with Gasteiger partial charge in [-0.1, -0.05) is 39.0 Å². The molecule has 0 aliphatic rings. The molecular formula is C13H26O3. The summed E-state index contributed by atoms with van der Waals surface area (Å²) in [4.78, 5) is 0. The first-order valence-electron chi connectivity index (χ1n) is 6.36. The van der Waals surface area contributed by atoms with E-state index in [9.17, 15) is 0 Å². The number of rotatable bonds is 11. The van der Waals surface area contributed by atoms with Gasteiger partial charge in [0.1, 0.15) is 12.7 Å². The van der Waals surface area contributed by atoms with Gasteiger partial charge in [-0.05, 0) is 18.9 Å². The third-order valence-corrected chi connectivity index (χ3v) is 2.42. The van der Waals surface area contributed by atoms with Crippen molar-refractivity contribution in [1.82, 2.24) is 0 Å². The molecule has 3 nitrogen and oxygen atoms in total. The zero-order valence-corrected chi connectivity index (χ0v) is 10.4. The lowest BCUT2D eigenvalue weighted by molar-refractivity contribution is 0.0383. The van der Waals surface area contributed by atoms with Gasteiger partial charge in [-0.2, -0.15) is 0 Å². The number of allylic oxidation sites excluding steroid dienone is 1. The maximum atomic E-state index is 8.97. The van der Waals surface area contributed by atoms with E-state index in [1.165, 1.54) is 38.5 Å². The lowest BCUT2D eigenvalue weighted by Gasteiger charge is -2.05. The van der Waals surface area contributed by atoms with Crippen molar-refractivity contribution in [2.24, 2.45) is 0 Å². The van der Waals surface area contributed by atoms with E-state index in [1.807, 2.05) is 6.08 Å². The van der Waals surface area contributed by atoms with Crippen LogP contribution in [0.4, 0.5) is 0 Å². The zero-order chi connectivity index (χ0) is 12.1. The minimum absolute atomic E-state index is 0.170. The molecule has 0 bridgehead atoms. The summed E-state index contributed by atoms with van der Waals surface area (Å²) in [6.45, 7) is 2.15. The highest BCUT2D eigenvalue weighted by atomic mass is 16.5. The van der Waals surface area contributed by atoms with Crippen LogP contribution in [0.25, 0.3) is 0 Å². The highest BCUT2D eigenvalue weighted by Gasteiger charge is 1.98. The molecule has 1 atom stereocenters. The summed E-state index contributed by atoms with van der Waals surface area (Å²) in [5.41, 5.74) is 0. The average Bonchev–Trinajstić information content (AvgIpc) is 2.31. The number of ether oxygens (including phenoxy) is 1. The van der Waals surface area contributed by atoms with Crippen molar-refractivity contribution in [2.45, 2.75) is 58.0 Å². The van der Waals surface area contributed by atoms with Gasteiger partial charge >= 0.3 is 0 Å². The van der Waals surface area contributed by atoms with Crippen molar-refractivity contribution in [1.29, 1.82) is 0 Å². The van der Waals surface area contributed by atoms with Crippen molar-refractivity contribution >= 4 is 0 Å². The Morgan fingerprint density at radius 2 is 1.81 bits per heavy atom. The van der Waals surface area contributed by atoms with E-state index in [-0.39, 0.29) is 13.2 Å². The SMILES string of the molecule is CCCCCCCC/C=C/OCC(O)CO. The van der Waals surface area contributed by atoms with E-state index in [1.54, 1.807) is 6.26 Å². The molecule has 0 heterocycles. The molecule has 0 saturated carbocycles. The fraction of sp³-hybridized carbons (Fsp3) is 0.846. The van der Waals surface area contributed by atoms with Gasteiger partial charge in [0.2, 0.25) is 0 Å². The average molecular weight is 230 g/mol. The van der Waals surface area contributed by atoms with Gasteiger partial charge in [0.25, 0.3) is 0 Å². The van der Waals surface area contributed by atoms with Crippen LogP contribution in [-0.4, -0.2) is 29.5 Å². The van der Waals surface area contributed by atoms with Crippen LogP contribution in [0.15, 0.2) is 12.3 Å². The summed E-state index contributed by atoms with van der Waals surface area (Å²) in [6.07, 6.45) is 11.6. The summed E-state index contributed by atoms with van der Waals surface area (Å²) in [5.74, 6) is 0. The lowest BCUT2D eigenvalue weighted by Crippen LogP contribution is -2.17. The molecule has 0 amide bonds. The predicted molar refractivity (Wildman–Crippen MR) is 66.2 cm³/mol. The molecular weight excluding hydrogens is 204 g/mol. The number of hydrogen-bond donors (Lipinski definition) is 2. The van der Waals surface area contributed by atoms with E-state index >= 15 is 0 Å². The first-order chi connectivity index (χ1) is 7.81. The van der Waals surface area contributed by atoms with E-state index in [0.717, 1.165) is 6.42 Å². The summed E-state index contributed by atoms with van der Waals surface area (Å²) in [5, 5.41) is 17.5. The van der Waals surface area contributed by atoms with Crippen molar-refractivity contribution in [3.05, 3.63) is 12.3 Å². The maximum absolute atomic E-state index is 8.97. The Kier molecular flexibility index (Phi) is 12.1. The third kappa shape index (κ3) is 11.5. The second-order valence-electron chi connectivity index (χ2n) is 4.10. The highest BCUT2D eigenvalue weighted by Crippen LogP contribution is 2.07. The van der Waals surface area contributed by atoms with Gasteiger partial charge in [-0.3, -0.25) is 0 Å². The van der Waals surface area contributed by atoms with Crippen LogP contribution in [0, 0.1) is 0 Å². The molecule has 0 aliphatic heterocycles. The van der Waals surface area contributed by atoms with Gasteiger partial charge in [0, 0.05) is 0 Å². The largest absolute Gasteiger partial charge is 0.499 e. The van der Waals surface area contributed by atoms with Gasteiger partial charge in [0.05, 0.1) is 12.9 Å². The first kappa shape index (κ1) is 15.5. The van der Waals surface area contributed by atoms with Crippen molar-refractivity contribution in [2.75, 3.05) is 13.2 Å². The molecule has 1 unspecified atom stereocenters. The van der Waals surface area contributed by atoms with Crippen LogP contribution in [0.1, 0.15) is 51.9 Å². The van der Waals surface area contributed by atoms with Crippen LogP contribution in [-0.2, 0) is 4.74 Å². The van der Waals surface area contributed by atoms with Crippen LogP contribution < -0.4 is 0 Å². The number of aliphatic hydroxyl groups is 2. The van der Waals surface area contributed by atoms with Gasteiger partial charge < -0.3 is 14.9 Å².